The first-order chi connectivity index (χ1) is 10.9. The third-order valence-electron chi connectivity index (χ3n) is 8.11. The first-order valence-electron chi connectivity index (χ1n) is 9.50. The van der Waals surface area contributed by atoms with E-state index in [0.29, 0.717) is 30.0 Å². The Balaban J connectivity index is 1.65. The number of aliphatic hydroxyl groups excluding tert-OH is 1. The first-order valence-corrected chi connectivity index (χ1v) is 9.50. The molecular formula is C20H30O3. The third kappa shape index (κ3) is 2.05. The zero-order valence-electron chi connectivity index (χ0n) is 14.5. The van der Waals surface area contributed by atoms with Gasteiger partial charge in [-0.2, -0.15) is 0 Å². The van der Waals surface area contributed by atoms with Crippen molar-refractivity contribution in [2.45, 2.75) is 83.3 Å². The number of carbonyl (C=O) groups is 1. The van der Waals surface area contributed by atoms with E-state index in [0.717, 1.165) is 44.9 Å². The molecule has 128 valence electrons. The van der Waals surface area contributed by atoms with Gasteiger partial charge in [-0.3, -0.25) is 4.79 Å². The van der Waals surface area contributed by atoms with Crippen molar-refractivity contribution in [3.05, 3.63) is 11.1 Å². The van der Waals surface area contributed by atoms with Gasteiger partial charge in [-0.25, -0.2) is 0 Å². The Bertz CT molecular complexity index is 563. The lowest BCUT2D eigenvalue weighted by molar-refractivity contribution is -0.162. The smallest absolute Gasteiger partial charge is 0.137 e. The van der Waals surface area contributed by atoms with Crippen LogP contribution in [0, 0.1) is 23.2 Å². The van der Waals surface area contributed by atoms with E-state index in [1.54, 1.807) is 12.5 Å². The molecule has 5 unspecified atom stereocenters. The zero-order chi connectivity index (χ0) is 16.4. The number of rotatable bonds is 1. The van der Waals surface area contributed by atoms with E-state index in [-0.39, 0.29) is 5.41 Å². The minimum absolute atomic E-state index is 0.148. The number of Topliss-reactive ketones (excluding diaryl/α,β-unsaturated/α-hetero) is 1. The van der Waals surface area contributed by atoms with Crippen molar-refractivity contribution < 1.29 is 15.0 Å². The predicted octanol–water partition coefficient (Wildman–Crippen LogP) is 3.38. The SMILES string of the molecule is CC(O)[C@@]1(O)CCC2C3CCC4=C(CCC(=O)C4)C3CCC21C. The quantitative estimate of drug-likeness (QED) is 0.729. The normalized spacial score (nSPS) is 47.8. The average molecular weight is 318 g/mol. The zero-order valence-corrected chi connectivity index (χ0v) is 14.5. The molecule has 0 aromatic carbocycles. The minimum Gasteiger partial charge on any atom is -0.390 e. The van der Waals surface area contributed by atoms with Gasteiger partial charge in [0.2, 0.25) is 0 Å². The molecule has 0 heterocycles. The maximum absolute atomic E-state index is 11.8. The third-order valence-corrected chi connectivity index (χ3v) is 8.11. The summed E-state index contributed by atoms with van der Waals surface area (Å²) in [6, 6.07) is 0. The largest absolute Gasteiger partial charge is 0.390 e. The van der Waals surface area contributed by atoms with Gasteiger partial charge in [-0.15, -0.1) is 0 Å². The molecule has 0 aromatic heterocycles. The molecule has 0 radical (unpaired) electrons. The Kier molecular flexibility index (Phi) is 3.55. The standard InChI is InChI=1S/C20H30O3/c1-12(21)20(23)10-8-18-17-5-3-13-11-14(22)4-6-15(13)16(17)7-9-19(18,20)2/h12,16-18,21,23H,3-11H2,1-2H3/t12?,16?,17?,18?,19?,20-/m0/s1. The van der Waals surface area contributed by atoms with Crippen molar-refractivity contribution in [2.24, 2.45) is 23.2 Å². The van der Waals surface area contributed by atoms with Crippen molar-refractivity contribution in [3.8, 4) is 0 Å². The van der Waals surface area contributed by atoms with E-state index in [9.17, 15) is 15.0 Å². The second-order valence-corrected chi connectivity index (χ2v) is 8.85. The topological polar surface area (TPSA) is 57.5 Å². The number of fused-ring (bicyclic) bond motifs is 4. The van der Waals surface area contributed by atoms with E-state index in [4.69, 9.17) is 0 Å². The summed E-state index contributed by atoms with van der Waals surface area (Å²) in [6.07, 6.45) is 7.94. The second-order valence-electron chi connectivity index (χ2n) is 8.85. The number of hydrogen-bond donors (Lipinski definition) is 2. The van der Waals surface area contributed by atoms with Crippen LogP contribution in [-0.2, 0) is 4.79 Å². The molecule has 0 aliphatic heterocycles. The van der Waals surface area contributed by atoms with Crippen LogP contribution < -0.4 is 0 Å². The predicted molar refractivity (Wildman–Crippen MR) is 88.8 cm³/mol. The Morgan fingerprint density at radius 1 is 1.13 bits per heavy atom. The molecule has 3 nitrogen and oxygen atoms in total. The molecule has 4 rings (SSSR count). The van der Waals surface area contributed by atoms with Crippen LogP contribution >= 0.6 is 0 Å². The van der Waals surface area contributed by atoms with Gasteiger partial charge >= 0.3 is 0 Å². The van der Waals surface area contributed by atoms with Gasteiger partial charge in [0.1, 0.15) is 5.78 Å². The summed E-state index contributed by atoms with van der Waals surface area (Å²) < 4.78 is 0. The van der Waals surface area contributed by atoms with Gasteiger partial charge in [0, 0.05) is 18.3 Å². The van der Waals surface area contributed by atoms with Gasteiger partial charge < -0.3 is 10.2 Å². The molecule has 23 heavy (non-hydrogen) atoms. The number of hydrogen-bond acceptors (Lipinski definition) is 3. The molecule has 0 aromatic rings. The number of ketones is 1. The van der Waals surface area contributed by atoms with Gasteiger partial charge in [0.05, 0.1) is 11.7 Å². The van der Waals surface area contributed by atoms with Crippen LogP contribution in [-0.4, -0.2) is 27.7 Å². The summed E-state index contributed by atoms with van der Waals surface area (Å²) in [5.41, 5.74) is 2.00. The lowest BCUT2D eigenvalue weighted by atomic mass is 9.52. The fourth-order valence-electron chi connectivity index (χ4n) is 6.79. The van der Waals surface area contributed by atoms with Crippen LogP contribution in [0.25, 0.3) is 0 Å². The molecule has 0 spiro atoms. The van der Waals surface area contributed by atoms with E-state index < -0.39 is 11.7 Å². The molecule has 0 bridgehead atoms. The summed E-state index contributed by atoms with van der Waals surface area (Å²) in [6.45, 7) is 3.98. The van der Waals surface area contributed by atoms with E-state index in [1.807, 2.05) is 0 Å². The summed E-state index contributed by atoms with van der Waals surface area (Å²) >= 11 is 0. The molecule has 6 atom stereocenters. The molecular weight excluding hydrogens is 288 g/mol. The number of allylic oxidation sites excluding steroid dienone is 2. The van der Waals surface area contributed by atoms with Gasteiger partial charge in [0.25, 0.3) is 0 Å². The molecule has 3 heteroatoms. The number of aliphatic hydroxyl groups is 2. The lowest BCUT2D eigenvalue weighted by Crippen LogP contribution is -2.56. The van der Waals surface area contributed by atoms with Crippen LogP contribution in [0.15, 0.2) is 11.1 Å². The highest BCUT2D eigenvalue weighted by molar-refractivity contribution is 5.82. The first kappa shape index (κ1) is 15.8. The molecule has 2 fully saturated rings. The van der Waals surface area contributed by atoms with Crippen LogP contribution in [0.1, 0.15) is 71.6 Å². The molecule has 0 amide bonds. The molecule has 0 saturated heterocycles. The fraction of sp³-hybridized carbons (Fsp3) is 0.850. The Morgan fingerprint density at radius 3 is 2.65 bits per heavy atom. The molecule has 4 aliphatic carbocycles. The highest BCUT2D eigenvalue weighted by Crippen LogP contribution is 2.64. The summed E-state index contributed by atoms with van der Waals surface area (Å²) in [5, 5.41) is 21.4. The number of carbonyl (C=O) groups excluding carboxylic acids is 1. The summed E-state index contributed by atoms with van der Waals surface area (Å²) in [4.78, 5) is 11.8. The van der Waals surface area contributed by atoms with Gasteiger partial charge in [-0.1, -0.05) is 18.1 Å². The van der Waals surface area contributed by atoms with Crippen LogP contribution in [0.2, 0.25) is 0 Å². The van der Waals surface area contributed by atoms with Crippen molar-refractivity contribution in [1.82, 2.24) is 0 Å². The van der Waals surface area contributed by atoms with E-state index in [2.05, 4.69) is 6.92 Å². The van der Waals surface area contributed by atoms with Crippen molar-refractivity contribution >= 4 is 5.78 Å². The van der Waals surface area contributed by atoms with E-state index >= 15 is 0 Å². The van der Waals surface area contributed by atoms with Crippen molar-refractivity contribution in [2.75, 3.05) is 0 Å². The monoisotopic (exact) mass is 318 g/mol. The highest BCUT2D eigenvalue weighted by Gasteiger charge is 2.63. The summed E-state index contributed by atoms with van der Waals surface area (Å²) in [7, 11) is 0. The maximum atomic E-state index is 11.8. The highest BCUT2D eigenvalue weighted by atomic mass is 16.3. The van der Waals surface area contributed by atoms with Gasteiger partial charge in [-0.05, 0) is 69.6 Å². The molecule has 4 aliphatic rings. The van der Waals surface area contributed by atoms with Crippen LogP contribution in [0.4, 0.5) is 0 Å². The van der Waals surface area contributed by atoms with E-state index in [1.165, 1.54) is 12.0 Å². The Labute approximate surface area is 139 Å². The van der Waals surface area contributed by atoms with Gasteiger partial charge in [0.15, 0.2) is 0 Å². The summed E-state index contributed by atoms with van der Waals surface area (Å²) in [5.74, 6) is 2.23. The molecule has 2 saturated carbocycles. The Hall–Kier alpha value is -0.670. The van der Waals surface area contributed by atoms with Crippen LogP contribution in [0.5, 0.6) is 0 Å². The maximum Gasteiger partial charge on any atom is 0.137 e. The fourth-order valence-corrected chi connectivity index (χ4v) is 6.79. The Morgan fingerprint density at radius 2 is 1.91 bits per heavy atom. The minimum atomic E-state index is -0.917. The molecule has 2 N–H and O–H groups in total. The average Bonchev–Trinajstić information content (AvgIpc) is 2.80. The van der Waals surface area contributed by atoms with Crippen molar-refractivity contribution in [1.29, 1.82) is 0 Å². The van der Waals surface area contributed by atoms with Crippen LogP contribution in [0.3, 0.4) is 0 Å². The second kappa shape index (κ2) is 5.16. The van der Waals surface area contributed by atoms with Crippen molar-refractivity contribution in [3.63, 3.8) is 0 Å². The lowest BCUT2D eigenvalue weighted by Gasteiger charge is -2.54.